The van der Waals surface area contributed by atoms with Gasteiger partial charge in [-0.25, -0.2) is 4.98 Å². The second-order valence-corrected chi connectivity index (χ2v) is 7.61. The van der Waals surface area contributed by atoms with E-state index in [-0.39, 0.29) is 18.4 Å². The molecule has 0 unspecified atom stereocenters. The Kier molecular flexibility index (Phi) is 6.37. The standard InChI is InChI=1S/C23H21N3O5S/c1-3-30-19-7-4-14(10-20(19)29-2)5-9-21(27)26-23-25-17(13-32-23)15-6-8-18-16(11-15)24-22(28)12-31-18/h4-11,13H,3,12H2,1-2H3,(H,24,28)(H,25,26,27). The fourth-order valence-electron chi connectivity index (χ4n) is 3.09. The van der Waals surface area contributed by atoms with Gasteiger partial charge in [-0.05, 0) is 48.9 Å². The van der Waals surface area contributed by atoms with Crippen molar-refractivity contribution >= 4 is 40.0 Å². The molecule has 1 aromatic heterocycles. The molecule has 1 aliphatic rings. The monoisotopic (exact) mass is 451 g/mol. The maximum atomic E-state index is 12.3. The Morgan fingerprint density at radius 3 is 2.97 bits per heavy atom. The molecule has 2 N–H and O–H groups in total. The van der Waals surface area contributed by atoms with Crippen molar-refractivity contribution in [1.82, 2.24) is 4.98 Å². The fourth-order valence-corrected chi connectivity index (χ4v) is 3.81. The molecular weight excluding hydrogens is 430 g/mol. The number of hydrogen-bond acceptors (Lipinski definition) is 7. The van der Waals surface area contributed by atoms with Gasteiger partial charge < -0.3 is 19.5 Å². The van der Waals surface area contributed by atoms with Crippen LogP contribution in [0, 0.1) is 0 Å². The average molecular weight is 452 g/mol. The summed E-state index contributed by atoms with van der Waals surface area (Å²) in [7, 11) is 1.57. The number of methoxy groups -OCH3 is 1. The van der Waals surface area contributed by atoms with Crippen molar-refractivity contribution in [3.63, 3.8) is 0 Å². The largest absolute Gasteiger partial charge is 0.493 e. The van der Waals surface area contributed by atoms with Gasteiger partial charge in [0, 0.05) is 17.0 Å². The first-order valence-corrected chi connectivity index (χ1v) is 10.8. The number of hydrogen-bond donors (Lipinski definition) is 2. The van der Waals surface area contributed by atoms with Gasteiger partial charge in [0.1, 0.15) is 5.75 Å². The number of carbonyl (C=O) groups excluding carboxylic acids is 2. The van der Waals surface area contributed by atoms with Gasteiger partial charge in [0.2, 0.25) is 5.91 Å². The summed E-state index contributed by atoms with van der Waals surface area (Å²) in [6, 6.07) is 10.9. The van der Waals surface area contributed by atoms with Crippen molar-refractivity contribution in [3.05, 3.63) is 53.4 Å². The summed E-state index contributed by atoms with van der Waals surface area (Å²) in [6.45, 7) is 2.45. The number of aromatic nitrogens is 1. The third-order valence-corrected chi connectivity index (χ3v) is 5.31. The van der Waals surface area contributed by atoms with E-state index in [0.29, 0.717) is 40.4 Å². The van der Waals surface area contributed by atoms with E-state index in [2.05, 4.69) is 15.6 Å². The second-order valence-electron chi connectivity index (χ2n) is 6.75. The molecule has 164 valence electrons. The van der Waals surface area contributed by atoms with Crippen molar-refractivity contribution in [2.45, 2.75) is 6.92 Å². The zero-order valence-electron chi connectivity index (χ0n) is 17.5. The number of carbonyl (C=O) groups is 2. The van der Waals surface area contributed by atoms with Gasteiger partial charge in [0.25, 0.3) is 5.91 Å². The Bertz CT molecular complexity index is 1190. The van der Waals surface area contributed by atoms with Gasteiger partial charge >= 0.3 is 0 Å². The summed E-state index contributed by atoms with van der Waals surface area (Å²) in [5, 5.41) is 7.85. The van der Waals surface area contributed by atoms with Crippen molar-refractivity contribution in [3.8, 4) is 28.5 Å². The molecule has 3 aromatic rings. The number of ether oxygens (including phenoxy) is 3. The normalized spacial score (nSPS) is 12.6. The summed E-state index contributed by atoms with van der Waals surface area (Å²) in [6.07, 6.45) is 3.12. The van der Waals surface area contributed by atoms with E-state index in [4.69, 9.17) is 14.2 Å². The highest BCUT2D eigenvalue weighted by atomic mass is 32.1. The minimum Gasteiger partial charge on any atom is -0.493 e. The van der Waals surface area contributed by atoms with E-state index in [1.165, 1.54) is 17.4 Å². The van der Waals surface area contributed by atoms with Crippen LogP contribution in [0.15, 0.2) is 47.9 Å². The van der Waals surface area contributed by atoms with Crippen molar-refractivity contribution in [2.75, 3.05) is 31.0 Å². The van der Waals surface area contributed by atoms with Crippen LogP contribution in [-0.4, -0.2) is 37.1 Å². The van der Waals surface area contributed by atoms with Crippen LogP contribution in [0.5, 0.6) is 17.2 Å². The average Bonchev–Trinajstić information content (AvgIpc) is 3.26. The number of amides is 2. The first kappa shape index (κ1) is 21.4. The predicted octanol–water partition coefficient (Wildman–Crippen LogP) is 4.20. The van der Waals surface area contributed by atoms with E-state index < -0.39 is 0 Å². The van der Waals surface area contributed by atoms with E-state index >= 15 is 0 Å². The lowest BCUT2D eigenvalue weighted by atomic mass is 10.1. The summed E-state index contributed by atoms with van der Waals surface area (Å²) in [4.78, 5) is 28.3. The lowest BCUT2D eigenvalue weighted by Crippen LogP contribution is -2.25. The molecule has 0 fully saturated rings. The van der Waals surface area contributed by atoms with E-state index in [9.17, 15) is 9.59 Å². The number of nitrogens with zero attached hydrogens (tertiary/aromatic N) is 1. The Hall–Kier alpha value is -3.85. The molecule has 2 heterocycles. The molecule has 9 heteroatoms. The molecule has 1 aliphatic heterocycles. The van der Waals surface area contributed by atoms with Crippen LogP contribution >= 0.6 is 11.3 Å². The van der Waals surface area contributed by atoms with Crippen LogP contribution in [0.3, 0.4) is 0 Å². The van der Waals surface area contributed by atoms with Crippen LogP contribution in [0.1, 0.15) is 12.5 Å². The smallest absolute Gasteiger partial charge is 0.262 e. The number of thiazole rings is 1. The highest BCUT2D eigenvalue weighted by molar-refractivity contribution is 7.14. The van der Waals surface area contributed by atoms with Gasteiger partial charge in [-0.15, -0.1) is 11.3 Å². The SMILES string of the molecule is CCOc1ccc(C=CC(=O)Nc2nc(-c3ccc4c(c3)NC(=O)CO4)cs2)cc1OC. The molecule has 32 heavy (non-hydrogen) atoms. The highest BCUT2D eigenvalue weighted by Crippen LogP contribution is 2.34. The Balaban J connectivity index is 1.42. The van der Waals surface area contributed by atoms with Crippen LogP contribution in [0.25, 0.3) is 17.3 Å². The number of nitrogens with one attached hydrogen (secondary N) is 2. The second kappa shape index (κ2) is 9.52. The van der Waals surface area contributed by atoms with Crippen LogP contribution < -0.4 is 24.8 Å². The molecule has 2 amide bonds. The third kappa shape index (κ3) is 4.89. The Morgan fingerprint density at radius 1 is 1.28 bits per heavy atom. The molecule has 0 aliphatic carbocycles. The van der Waals surface area contributed by atoms with Gasteiger partial charge in [0.15, 0.2) is 23.2 Å². The molecule has 0 spiro atoms. The Labute approximate surface area is 188 Å². The maximum Gasteiger partial charge on any atom is 0.262 e. The van der Waals surface area contributed by atoms with Gasteiger partial charge in [-0.1, -0.05) is 6.07 Å². The van der Waals surface area contributed by atoms with Crippen molar-refractivity contribution < 1.29 is 23.8 Å². The van der Waals surface area contributed by atoms with Crippen LogP contribution in [0.2, 0.25) is 0 Å². The van der Waals surface area contributed by atoms with Crippen molar-refractivity contribution in [2.24, 2.45) is 0 Å². The first-order chi connectivity index (χ1) is 15.6. The molecule has 4 rings (SSSR count). The fraction of sp³-hybridized carbons (Fsp3) is 0.174. The zero-order chi connectivity index (χ0) is 22.5. The molecule has 0 atom stereocenters. The summed E-state index contributed by atoms with van der Waals surface area (Å²) >= 11 is 1.31. The number of rotatable bonds is 7. The van der Waals surface area contributed by atoms with Gasteiger partial charge in [0.05, 0.1) is 25.1 Å². The topological polar surface area (TPSA) is 98.8 Å². The summed E-state index contributed by atoms with van der Waals surface area (Å²) in [5.74, 6) is 1.38. The first-order valence-electron chi connectivity index (χ1n) is 9.88. The predicted molar refractivity (Wildman–Crippen MR) is 124 cm³/mol. The molecule has 0 bridgehead atoms. The molecular formula is C23H21N3O5S. The lowest BCUT2D eigenvalue weighted by molar-refractivity contribution is -0.118. The quantitative estimate of drug-likeness (QED) is 0.523. The molecule has 2 aromatic carbocycles. The molecule has 0 saturated carbocycles. The summed E-state index contributed by atoms with van der Waals surface area (Å²) < 4.78 is 16.2. The molecule has 0 saturated heterocycles. The minimum absolute atomic E-state index is 0.0101. The van der Waals surface area contributed by atoms with Gasteiger partial charge in [-0.3, -0.25) is 14.9 Å². The van der Waals surface area contributed by atoms with E-state index in [1.54, 1.807) is 37.5 Å². The molecule has 8 nitrogen and oxygen atoms in total. The number of anilines is 2. The van der Waals surface area contributed by atoms with Crippen molar-refractivity contribution in [1.29, 1.82) is 0 Å². The van der Waals surface area contributed by atoms with Crippen LogP contribution in [0.4, 0.5) is 10.8 Å². The van der Waals surface area contributed by atoms with E-state index in [1.807, 2.05) is 24.4 Å². The highest BCUT2D eigenvalue weighted by Gasteiger charge is 2.17. The lowest BCUT2D eigenvalue weighted by Gasteiger charge is -2.18. The number of benzene rings is 2. The third-order valence-electron chi connectivity index (χ3n) is 4.56. The maximum absolute atomic E-state index is 12.3. The van der Waals surface area contributed by atoms with Crippen LogP contribution in [-0.2, 0) is 9.59 Å². The minimum atomic E-state index is -0.301. The zero-order valence-corrected chi connectivity index (χ0v) is 18.3. The van der Waals surface area contributed by atoms with Gasteiger partial charge in [-0.2, -0.15) is 0 Å². The number of fused-ring (bicyclic) bond motifs is 1. The Morgan fingerprint density at radius 2 is 2.16 bits per heavy atom. The summed E-state index contributed by atoms with van der Waals surface area (Å²) in [5.41, 5.74) is 2.90. The van der Waals surface area contributed by atoms with E-state index in [0.717, 1.165) is 11.1 Å². The molecule has 0 radical (unpaired) electrons.